The smallest absolute Gasteiger partial charge is 0.408 e. The summed E-state index contributed by atoms with van der Waals surface area (Å²) in [6.07, 6.45) is 4.23. The highest BCUT2D eigenvalue weighted by atomic mass is 16.5. The van der Waals surface area contributed by atoms with Crippen LogP contribution in [0.2, 0.25) is 0 Å². The molecule has 0 bridgehead atoms. The quantitative estimate of drug-likeness (QED) is 0.588. The van der Waals surface area contributed by atoms with Crippen molar-refractivity contribution >= 4 is 22.8 Å². The predicted octanol–water partition coefficient (Wildman–Crippen LogP) is 3.37. The van der Waals surface area contributed by atoms with E-state index in [4.69, 9.17) is 9.26 Å². The molecule has 2 N–H and O–H groups in total. The molecule has 3 aromatic rings. The van der Waals surface area contributed by atoms with E-state index in [-0.39, 0.29) is 18.5 Å². The van der Waals surface area contributed by atoms with Gasteiger partial charge in [-0.15, -0.1) is 0 Å². The number of ether oxygens (including phenoxy) is 1. The lowest BCUT2D eigenvalue weighted by molar-refractivity contribution is 0.0904. The van der Waals surface area contributed by atoms with Crippen molar-refractivity contribution in [2.45, 2.75) is 65.2 Å². The first-order chi connectivity index (χ1) is 15.3. The topological polar surface area (TPSA) is 131 Å². The van der Waals surface area contributed by atoms with Crippen molar-refractivity contribution in [3.8, 4) is 11.5 Å². The number of nitrogens with one attached hydrogen (secondary N) is 1. The van der Waals surface area contributed by atoms with Crippen LogP contribution in [0.25, 0.3) is 22.5 Å². The number of fused-ring (bicyclic) bond motifs is 1. The van der Waals surface area contributed by atoms with E-state index >= 15 is 0 Å². The molecule has 1 aliphatic rings. The maximum atomic E-state index is 11.7. The van der Waals surface area contributed by atoms with Crippen LogP contribution < -0.4 is 5.32 Å². The van der Waals surface area contributed by atoms with Crippen LogP contribution in [0.4, 0.5) is 10.5 Å². The number of carboxylic acid groups (broad SMARTS) is 1. The molecule has 11 heteroatoms. The number of hydrogen-bond donors (Lipinski definition) is 2. The summed E-state index contributed by atoms with van der Waals surface area (Å²) in [5, 5.41) is 22.5. The molecular formula is C21H29N7O4. The van der Waals surface area contributed by atoms with Gasteiger partial charge in [0.15, 0.2) is 11.5 Å². The molecule has 0 spiro atoms. The van der Waals surface area contributed by atoms with Crippen molar-refractivity contribution in [3.05, 3.63) is 18.2 Å². The van der Waals surface area contributed by atoms with Gasteiger partial charge in [0.05, 0.1) is 29.4 Å². The molecule has 3 aromatic heterocycles. The summed E-state index contributed by atoms with van der Waals surface area (Å²) in [5.74, 6) is 0.575. The number of aryl methyl sites for hydroxylation is 1. The maximum Gasteiger partial charge on any atom is 0.408 e. The molecule has 4 rings (SSSR count). The molecule has 11 nitrogen and oxygen atoms in total. The van der Waals surface area contributed by atoms with Gasteiger partial charge >= 0.3 is 6.09 Å². The van der Waals surface area contributed by atoms with Gasteiger partial charge < -0.3 is 19.7 Å². The van der Waals surface area contributed by atoms with Gasteiger partial charge in [-0.3, -0.25) is 4.90 Å². The standard InChI is InChI=1S/C21H29N7O4/c1-5-28-18-14(11-23-28)17(24-13-6-8-31-9-7-13)15(10-22-18)19-25-16(26-32-19)12-27(20(29)30)21(2,3)4/h10-11,13H,5-9,12H2,1-4H3,(H,22,24)(H,29,30). The van der Waals surface area contributed by atoms with Crippen molar-refractivity contribution in [2.24, 2.45) is 0 Å². The highest BCUT2D eigenvalue weighted by Crippen LogP contribution is 2.34. The van der Waals surface area contributed by atoms with Crippen LogP contribution in [-0.4, -0.2) is 65.8 Å². The van der Waals surface area contributed by atoms with Crippen LogP contribution in [0, 0.1) is 0 Å². The molecule has 4 heterocycles. The molecule has 0 saturated carbocycles. The number of anilines is 1. The summed E-state index contributed by atoms with van der Waals surface area (Å²) < 4.78 is 12.9. The fourth-order valence-electron chi connectivity index (χ4n) is 3.78. The van der Waals surface area contributed by atoms with Crippen LogP contribution in [0.3, 0.4) is 0 Å². The van der Waals surface area contributed by atoms with E-state index in [2.05, 4.69) is 25.5 Å². The Kier molecular flexibility index (Phi) is 6.00. The molecule has 0 atom stereocenters. The van der Waals surface area contributed by atoms with Gasteiger partial charge in [-0.25, -0.2) is 14.5 Å². The van der Waals surface area contributed by atoms with E-state index in [0.717, 1.165) is 29.6 Å². The number of amides is 1. The first-order valence-corrected chi connectivity index (χ1v) is 10.8. The van der Waals surface area contributed by atoms with E-state index in [1.165, 1.54) is 4.90 Å². The van der Waals surface area contributed by atoms with Crippen molar-refractivity contribution in [2.75, 3.05) is 18.5 Å². The Labute approximate surface area is 185 Å². The Balaban J connectivity index is 1.71. The van der Waals surface area contributed by atoms with Gasteiger partial charge in [0.2, 0.25) is 0 Å². The molecule has 0 radical (unpaired) electrons. The van der Waals surface area contributed by atoms with Crippen molar-refractivity contribution in [1.82, 2.24) is 29.8 Å². The van der Waals surface area contributed by atoms with Gasteiger partial charge in [0.25, 0.3) is 5.89 Å². The second kappa shape index (κ2) is 8.73. The Morgan fingerprint density at radius 3 is 2.72 bits per heavy atom. The monoisotopic (exact) mass is 443 g/mol. The second-order valence-corrected chi connectivity index (χ2v) is 8.83. The average molecular weight is 444 g/mol. The SMILES string of the molecule is CCn1ncc2c(NC3CCOCC3)c(-c3nc(CN(C(=O)O)C(C)(C)C)no3)cnc21. The molecule has 32 heavy (non-hydrogen) atoms. The molecule has 0 unspecified atom stereocenters. The number of hydrogen-bond acceptors (Lipinski definition) is 8. The number of nitrogens with zero attached hydrogens (tertiary/aromatic N) is 6. The van der Waals surface area contributed by atoms with E-state index in [0.29, 0.717) is 31.1 Å². The third-order valence-electron chi connectivity index (χ3n) is 5.57. The van der Waals surface area contributed by atoms with Crippen LogP contribution >= 0.6 is 0 Å². The van der Waals surface area contributed by atoms with E-state index in [1.807, 2.05) is 32.4 Å². The summed E-state index contributed by atoms with van der Waals surface area (Å²) in [7, 11) is 0. The van der Waals surface area contributed by atoms with Crippen molar-refractivity contribution in [3.63, 3.8) is 0 Å². The fourth-order valence-corrected chi connectivity index (χ4v) is 3.78. The molecule has 1 fully saturated rings. The molecule has 0 aliphatic carbocycles. The van der Waals surface area contributed by atoms with Crippen LogP contribution in [0.15, 0.2) is 16.9 Å². The molecule has 1 amide bonds. The number of carbonyl (C=O) groups is 1. The van der Waals surface area contributed by atoms with Gasteiger partial charge in [0, 0.05) is 37.5 Å². The van der Waals surface area contributed by atoms with Gasteiger partial charge in [0.1, 0.15) is 0 Å². The van der Waals surface area contributed by atoms with E-state index < -0.39 is 11.6 Å². The van der Waals surface area contributed by atoms with Crippen LogP contribution in [0.5, 0.6) is 0 Å². The van der Waals surface area contributed by atoms with Gasteiger partial charge in [-0.05, 0) is 40.5 Å². The van der Waals surface area contributed by atoms with Gasteiger partial charge in [-0.2, -0.15) is 10.1 Å². The molecule has 1 saturated heterocycles. The highest BCUT2D eigenvalue weighted by molar-refractivity contribution is 5.96. The lowest BCUT2D eigenvalue weighted by Crippen LogP contribution is -2.44. The summed E-state index contributed by atoms with van der Waals surface area (Å²) in [5.41, 5.74) is 1.67. The lowest BCUT2D eigenvalue weighted by atomic mass is 10.1. The Morgan fingerprint density at radius 2 is 2.06 bits per heavy atom. The van der Waals surface area contributed by atoms with E-state index in [1.54, 1.807) is 12.4 Å². The maximum absolute atomic E-state index is 11.7. The predicted molar refractivity (Wildman–Crippen MR) is 117 cm³/mol. The summed E-state index contributed by atoms with van der Waals surface area (Å²) in [6.45, 7) is 9.62. The minimum absolute atomic E-state index is 0.0223. The summed E-state index contributed by atoms with van der Waals surface area (Å²) >= 11 is 0. The normalized spacial score (nSPS) is 15.2. The fraction of sp³-hybridized carbons (Fsp3) is 0.571. The Morgan fingerprint density at radius 1 is 1.31 bits per heavy atom. The zero-order valence-corrected chi connectivity index (χ0v) is 18.8. The van der Waals surface area contributed by atoms with E-state index in [9.17, 15) is 9.90 Å². The lowest BCUT2D eigenvalue weighted by Gasteiger charge is -2.31. The molecular weight excluding hydrogens is 414 g/mol. The number of aromatic nitrogens is 5. The summed E-state index contributed by atoms with van der Waals surface area (Å²) in [4.78, 5) is 22.0. The second-order valence-electron chi connectivity index (χ2n) is 8.83. The van der Waals surface area contributed by atoms with Crippen molar-refractivity contribution < 1.29 is 19.2 Å². The average Bonchev–Trinajstić information content (AvgIpc) is 3.39. The third-order valence-corrected chi connectivity index (χ3v) is 5.57. The zero-order chi connectivity index (χ0) is 22.9. The van der Waals surface area contributed by atoms with Crippen LogP contribution in [-0.2, 0) is 17.8 Å². The molecule has 1 aliphatic heterocycles. The molecule has 0 aromatic carbocycles. The zero-order valence-electron chi connectivity index (χ0n) is 18.8. The Bertz CT molecular complexity index is 1100. The van der Waals surface area contributed by atoms with Crippen molar-refractivity contribution in [1.29, 1.82) is 0 Å². The Hall–Kier alpha value is -3.21. The number of rotatable bonds is 6. The molecule has 172 valence electrons. The first-order valence-electron chi connectivity index (χ1n) is 10.8. The highest BCUT2D eigenvalue weighted by Gasteiger charge is 2.29. The number of pyridine rings is 1. The first kappa shape index (κ1) is 22.0. The minimum atomic E-state index is -1.04. The van der Waals surface area contributed by atoms with Crippen LogP contribution in [0.1, 0.15) is 46.4 Å². The minimum Gasteiger partial charge on any atom is -0.465 e. The third kappa shape index (κ3) is 4.38. The van der Waals surface area contributed by atoms with Gasteiger partial charge in [-0.1, -0.05) is 5.16 Å². The summed E-state index contributed by atoms with van der Waals surface area (Å²) in [6, 6.07) is 0.240. The largest absolute Gasteiger partial charge is 0.465 e.